The predicted molar refractivity (Wildman–Crippen MR) is 66.8 cm³/mol. The van der Waals surface area contributed by atoms with Crippen LogP contribution < -0.4 is 4.74 Å². The van der Waals surface area contributed by atoms with Gasteiger partial charge >= 0.3 is 6.01 Å². The summed E-state index contributed by atoms with van der Waals surface area (Å²) in [5.74, 6) is 1.70. The largest absolute Gasteiger partial charge is 0.467 e. The molecular formula is C13H21N3O. The molecule has 94 valence electrons. The molecule has 2 rings (SSSR count). The minimum absolute atomic E-state index is 0.440. The lowest BCUT2D eigenvalue weighted by Gasteiger charge is -2.40. The van der Waals surface area contributed by atoms with Gasteiger partial charge in [0.1, 0.15) is 0 Å². The van der Waals surface area contributed by atoms with Crippen molar-refractivity contribution in [3.63, 3.8) is 0 Å². The standard InChI is InChI=1S/C13H21N3O/c1-10(2)4-11-7-16(8-11)9-12-5-14-13(17-3)15-6-12/h5-6,10-11H,4,7-9H2,1-3H3. The first kappa shape index (κ1) is 12.3. The number of aromatic nitrogens is 2. The number of methoxy groups -OCH3 is 1. The third-order valence-corrected chi connectivity index (χ3v) is 3.11. The maximum atomic E-state index is 4.94. The van der Waals surface area contributed by atoms with Gasteiger partial charge in [-0.15, -0.1) is 0 Å². The van der Waals surface area contributed by atoms with Crippen LogP contribution in [0.5, 0.6) is 6.01 Å². The Balaban J connectivity index is 1.75. The zero-order valence-electron chi connectivity index (χ0n) is 10.9. The van der Waals surface area contributed by atoms with E-state index in [1.54, 1.807) is 7.11 Å². The molecule has 4 heteroatoms. The number of likely N-dealkylation sites (tertiary alicyclic amines) is 1. The van der Waals surface area contributed by atoms with Crippen molar-refractivity contribution < 1.29 is 4.74 Å². The summed E-state index contributed by atoms with van der Waals surface area (Å²) < 4.78 is 4.94. The summed E-state index contributed by atoms with van der Waals surface area (Å²) in [4.78, 5) is 10.7. The van der Waals surface area contributed by atoms with E-state index in [1.807, 2.05) is 12.4 Å². The minimum Gasteiger partial charge on any atom is -0.467 e. The van der Waals surface area contributed by atoms with Crippen LogP contribution >= 0.6 is 0 Å². The molecule has 1 aliphatic heterocycles. The number of nitrogens with zero attached hydrogens (tertiary/aromatic N) is 3. The molecule has 0 aromatic carbocycles. The van der Waals surface area contributed by atoms with E-state index in [-0.39, 0.29) is 0 Å². The van der Waals surface area contributed by atoms with Gasteiger partial charge in [-0.1, -0.05) is 13.8 Å². The van der Waals surface area contributed by atoms with Gasteiger partial charge in [0.25, 0.3) is 0 Å². The van der Waals surface area contributed by atoms with Crippen molar-refractivity contribution in [3.05, 3.63) is 18.0 Å². The molecule has 0 bridgehead atoms. The second kappa shape index (κ2) is 5.45. The SMILES string of the molecule is COc1ncc(CN2CC(CC(C)C)C2)cn1. The maximum absolute atomic E-state index is 4.94. The van der Waals surface area contributed by atoms with Gasteiger partial charge in [-0.3, -0.25) is 4.90 Å². The van der Waals surface area contributed by atoms with Gasteiger partial charge in [-0.05, 0) is 18.3 Å². The predicted octanol–water partition coefficient (Wildman–Crippen LogP) is 1.96. The minimum atomic E-state index is 0.440. The smallest absolute Gasteiger partial charge is 0.316 e. The van der Waals surface area contributed by atoms with Crippen LogP contribution in [-0.4, -0.2) is 35.1 Å². The van der Waals surface area contributed by atoms with Crippen molar-refractivity contribution in [2.45, 2.75) is 26.8 Å². The summed E-state index contributed by atoms with van der Waals surface area (Å²) in [6.07, 6.45) is 5.04. The van der Waals surface area contributed by atoms with Crippen molar-refractivity contribution in [2.75, 3.05) is 20.2 Å². The molecule has 0 spiro atoms. The van der Waals surface area contributed by atoms with Crippen LogP contribution in [0, 0.1) is 11.8 Å². The molecule has 17 heavy (non-hydrogen) atoms. The average molecular weight is 235 g/mol. The van der Waals surface area contributed by atoms with Gasteiger partial charge in [0, 0.05) is 37.6 Å². The average Bonchev–Trinajstić information content (AvgIpc) is 2.26. The molecule has 1 aromatic rings. The number of hydrogen-bond donors (Lipinski definition) is 0. The lowest BCUT2D eigenvalue weighted by molar-refractivity contribution is 0.0775. The number of rotatable bonds is 5. The first-order chi connectivity index (χ1) is 8.17. The molecule has 0 unspecified atom stereocenters. The van der Waals surface area contributed by atoms with E-state index in [0.717, 1.165) is 23.9 Å². The highest BCUT2D eigenvalue weighted by atomic mass is 16.5. The Bertz CT molecular complexity index is 344. The molecule has 2 heterocycles. The fourth-order valence-electron chi connectivity index (χ4n) is 2.41. The molecule has 0 amide bonds. The molecule has 1 aromatic heterocycles. The molecular weight excluding hydrogens is 214 g/mol. The summed E-state index contributed by atoms with van der Waals surface area (Å²) in [5, 5.41) is 0. The molecule has 4 nitrogen and oxygen atoms in total. The molecule has 0 N–H and O–H groups in total. The van der Waals surface area contributed by atoms with Gasteiger partial charge < -0.3 is 4.74 Å². The highest BCUT2D eigenvalue weighted by molar-refractivity contribution is 5.08. The van der Waals surface area contributed by atoms with Crippen molar-refractivity contribution in [1.82, 2.24) is 14.9 Å². The summed E-state index contributed by atoms with van der Waals surface area (Å²) in [6, 6.07) is 0.440. The van der Waals surface area contributed by atoms with Crippen molar-refractivity contribution in [2.24, 2.45) is 11.8 Å². The molecule has 1 fully saturated rings. The second-order valence-electron chi connectivity index (χ2n) is 5.27. The normalized spacial score (nSPS) is 17.2. The van der Waals surface area contributed by atoms with Gasteiger partial charge in [-0.2, -0.15) is 0 Å². The van der Waals surface area contributed by atoms with E-state index in [9.17, 15) is 0 Å². The van der Waals surface area contributed by atoms with Crippen molar-refractivity contribution in [3.8, 4) is 6.01 Å². The highest BCUT2D eigenvalue weighted by Gasteiger charge is 2.26. The van der Waals surface area contributed by atoms with Gasteiger partial charge in [0.2, 0.25) is 0 Å². The van der Waals surface area contributed by atoms with Gasteiger partial charge in [0.05, 0.1) is 7.11 Å². The fraction of sp³-hybridized carbons (Fsp3) is 0.692. The summed E-state index contributed by atoms with van der Waals surface area (Å²) in [6.45, 7) is 7.97. The molecule has 0 atom stereocenters. The number of hydrogen-bond acceptors (Lipinski definition) is 4. The van der Waals surface area contributed by atoms with E-state index < -0.39 is 0 Å². The van der Waals surface area contributed by atoms with Crippen molar-refractivity contribution in [1.29, 1.82) is 0 Å². The quantitative estimate of drug-likeness (QED) is 0.782. The highest BCUT2D eigenvalue weighted by Crippen LogP contribution is 2.24. The Morgan fingerprint density at radius 3 is 2.53 bits per heavy atom. The molecule has 0 saturated carbocycles. The van der Waals surface area contributed by atoms with Crippen LogP contribution in [0.2, 0.25) is 0 Å². The Hall–Kier alpha value is -1.16. The van der Waals surface area contributed by atoms with E-state index >= 15 is 0 Å². The lowest BCUT2D eigenvalue weighted by Crippen LogP contribution is -2.46. The van der Waals surface area contributed by atoms with Gasteiger partial charge in [-0.25, -0.2) is 9.97 Å². The van der Waals surface area contributed by atoms with Crippen molar-refractivity contribution >= 4 is 0 Å². The first-order valence-electron chi connectivity index (χ1n) is 6.24. The Morgan fingerprint density at radius 2 is 2.00 bits per heavy atom. The van der Waals surface area contributed by atoms with Crippen LogP contribution in [0.3, 0.4) is 0 Å². The third-order valence-electron chi connectivity index (χ3n) is 3.11. The summed E-state index contributed by atoms with van der Waals surface area (Å²) in [5.41, 5.74) is 1.16. The van der Waals surface area contributed by atoms with E-state index in [4.69, 9.17) is 4.74 Å². The zero-order valence-corrected chi connectivity index (χ0v) is 10.9. The number of ether oxygens (including phenoxy) is 1. The topological polar surface area (TPSA) is 38.2 Å². The zero-order chi connectivity index (χ0) is 12.3. The van der Waals surface area contributed by atoms with Crippen LogP contribution in [0.4, 0.5) is 0 Å². The van der Waals surface area contributed by atoms with Gasteiger partial charge in [0.15, 0.2) is 0 Å². The fourth-order valence-corrected chi connectivity index (χ4v) is 2.41. The maximum Gasteiger partial charge on any atom is 0.316 e. The molecule has 1 aliphatic rings. The van der Waals surface area contributed by atoms with Crippen LogP contribution in [0.15, 0.2) is 12.4 Å². The summed E-state index contributed by atoms with van der Waals surface area (Å²) >= 11 is 0. The van der Waals surface area contributed by atoms with E-state index in [0.29, 0.717) is 6.01 Å². The Labute approximate surface area is 103 Å². The van der Waals surface area contributed by atoms with Crippen LogP contribution in [-0.2, 0) is 6.54 Å². The van der Waals surface area contributed by atoms with Crippen LogP contribution in [0.1, 0.15) is 25.8 Å². The van der Waals surface area contributed by atoms with Crippen LogP contribution in [0.25, 0.3) is 0 Å². The van der Waals surface area contributed by atoms with E-state index in [1.165, 1.54) is 19.5 Å². The second-order valence-corrected chi connectivity index (χ2v) is 5.27. The Morgan fingerprint density at radius 1 is 1.35 bits per heavy atom. The third kappa shape index (κ3) is 3.40. The van der Waals surface area contributed by atoms with E-state index in [2.05, 4.69) is 28.7 Å². The Kier molecular flexibility index (Phi) is 3.94. The summed E-state index contributed by atoms with van der Waals surface area (Å²) in [7, 11) is 1.58. The molecule has 0 radical (unpaired) electrons. The lowest BCUT2D eigenvalue weighted by atomic mass is 9.90. The molecule has 1 saturated heterocycles. The monoisotopic (exact) mass is 235 g/mol. The molecule has 0 aliphatic carbocycles. The first-order valence-corrected chi connectivity index (χ1v) is 6.24.